The Morgan fingerprint density at radius 1 is 1.03 bits per heavy atom. The number of aliphatic hydroxyl groups is 1. The average Bonchev–Trinajstić information content (AvgIpc) is 3.34. The van der Waals surface area contributed by atoms with E-state index in [0.29, 0.717) is 76.0 Å². The standard InChI is InChI=1S/C30H41FN2O5/c1-37-27-14-10-24(11-15-27)29(35)6-2-3-7-30(36)32-25(21-33-18-16-26(34)22-33)20-23-8-12-28(13-9-23)38-19-5-4-17-31/h8-15,25-26,34H,2-7,16-22H2,1H3,(H,32,36)/t25-,26-/m0/s1. The molecule has 2 aromatic rings. The first-order valence-electron chi connectivity index (χ1n) is 13.6. The molecule has 1 saturated heterocycles. The molecule has 1 heterocycles. The molecule has 1 aliphatic heterocycles. The van der Waals surface area contributed by atoms with Crippen molar-refractivity contribution in [3.63, 3.8) is 0 Å². The van der Waals surface area contributed by atoms with E-state index in [2.05, 4.69) is 10.2 Å². The van der Waals surface area contributed by atoms with Gasteiger partial charge in [-0.2, -0.15) is 0 Å². The van der Waals surface area contributed by atoms with Crippen LogP contribution in [0, 0.1) is 0 Å². The third kappa shape index (κ3) is 10.4. The van der Waals surface area contributed by atoms with Gasteiger partial charge in [-0.1, -0.05) is 12.1 Å². The van der Waals surface area contributed by atoms with E-state index in [1.165, 1.54) is 0 Å². The molecule has 1 fully saturated rings. The van der Waals surface area contributed by atoms with Crippen molar-refractivity contribution in [1.29, 1.82) is 0 Å². The summed E-state index contributed by atoms with van der Waals surface area (Å²) in [5.74, 6) is 1.50. The highest BCUT2D eigenvalue weighted by atomic mass is 19.1. The second-order valence-corrected chi connectivity index (χ2v) is 9.92. The number of Topliss-reactive ketones (excluding diaryl/α,β-unsaturated/α-hetero) is 1. The van der Waals surface area contributed by atoms with Gasteiger partial charge in [-0.25, -0.2) is 0 Å². The largest absolute Gasteiger partial charge is 0.497 e. The van der Waals surface area contributed by atoms with Crippen molar-refractivity contribution in [2.75, 3.05) is 40.0 Å². The smallest absolute Gasteiger partial charge is 0.220 e. The van der Waals surface area contributed by atoms with Crippen LogP contribution in [0.15, 0.2) is 48.5 Å². The van der Waals surface area contributed by atoms with Crippen LogP contribution in [0.4, 0.5) is 4.39 Å². The van der Waals surface area contributed by atoms with Crippen LogP contribution in [0.3, 0.4) is 0 Å². The predicted octanol–water partition coefficient (Wildman–Crippen LogP) is 4.36. The summed E-state index contributed by atoms with van der Waals surface area (Å²) < 4.78 is 23.0. The predicted molar refractivity (Wildman–Crippen MR) is 146 cm³/mol. The monoisotopic (exact) mass is 528 g/mol. The quantitative estimate of drug-likeness (QED) is 0.234. The first-order chi connectivity index (χ1) is 18.5. The summed E-state index contributed by atoms with van der Waals surface area (Å²) in [7, 11) is 1.59. The number of benzene rings is 2. The van der Waals surface area contributed by atoms with Crippen molar-refractivity contribution < 1.29 is 28.6 Å². The van der Waals surface area contributed by atoms with Gasteiger partial charge in [0, 0.05) is 44.1 Å². The van der Waals surface area contributed by atoms with Gasteiger partial charge >= 0.3 is 0 Å². The lowest BCUT2D eigenvalue weighted by atomic mass is 10.0. The highest BCUT2D eigenvalue weighted by molar-refractivity contribution is 5.96. The summed E-state index contributed by atoms with van der Waals surface area (Å²) in [5, 5.41) is 13.1. The van der Waals surface area contributed by atoms with Gasteiger partial charge in [0.2, 0.25) is 5.91 Å². The van der Waals surface area contributed by atoms with Crippen LogP contribution in [0.1, 0.15) is 60.9 Å². The minimum atomic E-state index is -0.328. The SMILES string of the molecule is COc1ccc(C(=O)CCCCC(=O)N[C@@H](Cc2ccc(OCCCCF)cc2)CN2CC[C@H](O)C2)cc1. The third-order valence-electron chi connectivity index (χ3n) is 6.76. The number of likely N-dealkylation sites (tertiary alicyclic amines) is 1. The molecule has 8 heteroatoms. The normalized spacial score (nSPS) is 16.2. The topological polar surface area (TPSA) is 88.1 Å². The number of alkyl halides is 1. The van der Waals surface area contributed by atoms with Crippen LogP contribution in [0.2, 0.25) is 0 Å². The summed E-state index contributed by atoms with van der Waals surface area (Å²) >= 11 is 0. The molecule has 38 heavy (non-hydrogen) atoms. The van der Waals surface area contributed by atoms with E-state index in [1.807, 2.05) is 24.3 Å². The van der Waals surface area contributed by atoms with Crippen molar-refractivity contribution in [3.05, 3.63) is 59.7 Å². The van der Waals surface area contributed by atoms with E-state index in [9.17, 15) is 19.1 Å². The molecule has 7 nitrogen and oxygen atoms in total. The number of nitrogens with one attached hydrogen (secondary N) is 1. The number of β-amino-alcohol motifs (C(OH)–C–C–N with tert-alkyl or cyclic N) is 1. The molecule has 3 rings (SSSR count). The molecule has 0 aromatic heterocycles. The van der Waals surface area contributed by atoms with Crippen LogP contribution < -0.4 is 14.8 Å². The van der Waals surface area contributed by atoms with Crippen molar-refractivity contribution in [2.45, 2.75) is 63.5 Å². The van der Waals surface area contributed by atoms with Crippen LogP contribution in [0.5, 0.6) is 11.5 Å². The summed E-state index contributed by atoms with van der Waals surface area (Å²) in [6, 6.07) is 14.8. The van der Waals surface area contributed by atoms with Crippen molar-refractivity contribution in [3.8, 4) is 11.5 Å². The number of ketones is 1. The molecule has 1 aliphatic rings. The van der Waals surface area contributed by atoms with Gasteiger partial charge in [0.05, 0.1) is 26.5 Å². The number of nitrogens with zero attached hydrogens (tertiary/aromatic N) is 1. The van der Waals surface area contributed by atoms with E-state index in [0.717, 1.165) is 24.3 Å². The number of hydrogen-bond donors (Lipinski definition) is 2. The van der Waals surface area contributed by atoms with E-state index < -0.39 is 0 Å². The highest BCUT2D eigenvalue weighted by Crippen LogP contribution is 2.17. The highest BCUT2D eigenvalue weighted by Gasteiger charge is 2.24. The summed E-state index contributed by atoms with van der Waals surface area (Å²) in [6.07, 6.45) is 4.33. The van der Waals surface area contributed by atoms with Crippen molar-refractivity contribution in [2.24, 2.45) is 0 Å². The van der Waals surface area contributed by atoms with Gasteiger partial charge in [0.25, 0.3) is 0 Å². The molecule has 0 saturated carbocycles. The van der Waals surface area contributed by atoms with Gasteiger partial charge in [-0.15, -0.1) is 0 Å². The second-order valence-electron chi connectivity index (χ2n) is 9.92. The number of rotatable bonds is 17. The Kier molecular flexibility index (Phi) is 12.5. The van der Waals surface area contributed by atoms with E-state index in [4.69, 9.17) is 9.47 Å². The molecule has 2 atom stereocenters. The Labute approximate surface area is 225 Å². The molecule has 0 aliphatic carbocycles. The van der Waals surface area contributed by atoms with E-state index >= 15 is 0 Å². The fourth-order valence-corrected chi connectivity index (χ4v) is 4.64. The van der Waals surface area contributed by atoms with Gasteiger partial charge in [-0.05, 0) is 80.5 Å². The number of methoxy groups -OCH3 is 1. The Morgan fingerprint density at radius 3 is 2.39 bits per heavy atom. The summed E-state index contributed by atoms with van der Waals surface area (Å²) in [5.41, 5.74) is 1.73. The van der Waals surface area contributed by atoms with Gasteiger partial charge < -0.3 is 19.9 Å². The number of unbranched alkanes of at least 4 members (excludes halogenated alkanes) is 2. The lowest BCUT2D eigenvalue weighted by Crippen LogP contribution is -2.44. The molecule has 208 valence electrons. The molecule has 1 amide bonds. The zero-order valence-electron chi connectivity index (χ0n) is 22.4. The number of hydrogen-bond acceptors (Lipinski definition) is 6. The Bertz CT molecular complexity index is 983. The maximum atomic E-state index is 12.8. The lowest BCUT2D eigenvalue weighted by Gasteiger charge is -2.25. The number of carbonyl (C=O) groups is 2. The third-order valence-corrected chi connectivity index (χ3v) is 6.76. The molecule has 0 radical (unpaired) electrons. The number of carbonyl (C=O) groups excluding carboxylic acids is 2. The van der Waals surface area contributed by atoms with Gasteiger partial charge in [-0.3, -0.25) is 18.9 Å². The molecule has 2 aromatic carbocycles. The molecular formula is C30H41FN2O5. The Balaban J connectivity index is 1.46. The van der Waals surface area contributed by atoms with Crippen molar-refractivity contribution in [1.82, 2.24) is 10.2 Å². The zero-order chi connectivity index (χ0) is 27.2. The molecular weight excluding hydrogens is 487 g/mol. The maximum Gasteiger partial charge on any atom is 0.220 e. The minimum absolute atomic E-state index is 0.0283. The van der Waals surface area contributed by atoms with Gasteiger partial charge in [0.15, 0.2) is 5.78 Å². The van der Waals surface area contributed by atoms with Crippen molar-refractivity contribution >= 4 is 11.7 Å². The molecule has 0 bridgehead atoms. The molecule has 0 spiro atoms. The fraction of sp³-hybridized carbons (Fsp3) is 0.533. The summed E-state index contributed by atoms with van der Waals surface area (Å²) in [6.45, 7) is 2.26. The number of aliphatic hydroxyl groups excluding tert-OH is 1. The minimum Gasteiger partial charge on any atom is -0.497 e. The lowest BCUT2D eigenvalue weighted by molar-refractivity contribution is -0.122. The number of amides is 1. The Hall–Kier alpha value is -2.97. The zero-order valence-corrected chi connectivity index (χ0v) is 22.4. The van der Waals surface area contributed by atoms with Crippen LogP contribution in [0.25, 0.3) is 0 Å². The number of ether oxygens (including phenoxy) is 2. The number of halogens is 1. The first-order valence-corrected chi connectivity index (χ1v) is 13.6. The Morgan fingerprint density at radius 2 is 1.74 bits per heavy atom. The summed E-state index contributed by atoms with van der Waals surface area (Å²) in [4.78, 5) is 27.4. The molecule has 2 N–H and O–H groups in total. The van der Waals surface area contributed by atoms with Crippen LogP contribution in [-0.4, -0.2) is 73.9 Å². The van der Waals surface area contributed by atoms with Crippen LogP contribution >= 0.6 is 0 Å². The molecule has 0 unspecified atom stereocenters. The second kappa shape index (κ2) is 16.1. The van der Waals surface area contributed by atoms with E-state index in [-0.39, 0.29) is 30.5 Å². The maximum absolute atomic E-state index is 12.8. The average molecular weight is 529 g/mol. The van der Waals surface area contributed by atoms with Gasteiger partial charge in [0.1, 0.15) is 11.5 Å². The first kappa shape index (κ1) is 29.6. The van der Waals surface area contributed by atoms with Crippen LogP contribution in [-0.2, 0) is 11.2 Å². The van der Waals surface area contributed by atoms with E-state index in [1.54, 1.807) is 31.4 Å². The fourth-order valence-electron chi connectivity index (χ4n) is 4.64.